The van der Waals surface area contributed by atoms with E-state index in [1.807, 2.05) is 13.8 Å². The lowest BCUT2D eigenvalue weighted by Crippen LogP contribution is -2.22. The zero-order valence-corrected chi connectivity index (χ0v) is 10.7. The van der Waals surface area contributed by atoms with Crippen LogP contribution in [0.15, 0.2) is 22.7 Å². The number of aryl methyl sites for hydroxylation is 1. The van der Waals surface area contributed by atoms with E-state index >= 15 is 0 Å². The Hall–Kier alpha value is -1.75. The van der Waals surface area contributed by atoms with Crippen LogP contribution < -0.4 is 5.32 Å². The van der Waals surface area contributed by atoms with Crippen LogP contribution in [0, 0.1) is 12.7 Å². The number of benzene rings is 1. The van der Waals surface area contributed by atoms with Crippen molar-refractivity contribution in [3.05, 3.63) is 35.4 Å². The van der Waals surface area contributed by atoms with Crippen LogP contribution in [0.4, 0.5) is 4.39 Å². The highest BCUT2D eigenvalue weighted by molar-refractivity contribution is 5.53. The van der Waals surface area contributed by atoms with Crippen LogP contribution in [0.2, 0.25) is 0 Å². The first kappa shape index (κ1) is 12.7. The van der Waals surface area contributed by atoms with Crippen LogP contribution in [0.25, 0.3) is 11.5 Å². The maximum absolute atomic E-state index is 13.4. The van der Waals surface area contributed by atoms with Gasteiger partial charge in [0.05, 0.1) is 6.54 Å². The number of halogens is 1. The van der Waals surface area contributed by atoms with E-state index in [0.29, 0.717) is 35.4 Å². The number of aromatic nitrogens is 2. The number of nitrogens with zero attached hydrogens (tertiary/aromatic N) is 2. The summed E-state index contributed by atoms with van der Waals surface area (Å²) in [6.45, 7) is 6.33. The topological polar surface area (TPSA) is 51.0 Å². The fourth-order valence-corrected chi connectivity index (χ4v) is 1.46. The minimum atomic E-state index is -0.271. The molecule has 1 aromatic heterocycles. The molecular formula is C13H16FN3O. The second-order valence-corrected chi connectivity index (χ2v) is 4.52. The molecule has 96 valence electrons. The summed E-state index contributed by atoms with van der Waals surface area (Å²) in [5, 5.41) is 7.03. The van der Waals surface area contributed by atoms with Crippen LogP contribution in [-0.2, 0) is 6.54 Å². The molecule has 4 nitrogen and oxygen atoms in total. The molecule has 18 heavy (non-hydrogen) atoms. The maximum Gasteiger partial charge on any atom is 0.258 e. The van der Waals surface area contributed by atoms with Crippen LogP contribution >= 0.6 is 0 Å². The van der Waals surface area contributed by atoms with E-state index in [1.165, 1.54) is 6.07 Å². The predicted octanol–water partition coefficient (Wildman–Crippen LogP) is 2.68. The van der Waals surface area contributed by atoms with Crippen LogP contribution in [-0.4, -0.2) is 16.2 Å². The van der Waals surface area contributed by atoms with Crippen molar-refractivity contribution >= 4 is 0 Å². The van der Waals surface area contributed by atoms with Gasteiger partial charge in [0.15, 0.2) is 5.82 Å². The fourth-order valence-electron chi connectivity index (χ4n) is 1.46. The number of nitrogens with one attached hydrogen (secondary N) is 1. The normalized spacial score (nSPS) is 11.2. The van der Waals surface area contributed by atoms with E-state index in [9.17, 15) is 4.39 Å². The Labute approximate surface area is 105 Å². The highest BCUT2D eigenvalue weighted by Crippen LogP contribution is 2.19. The molecule has 0 saturated heterocycles. The lowest BCUT2D eigenvalue weighted by atomic mass is 10.1. The van der Waals surface area contributed by atoms with Gasteiger partial charge in [-0.3, -0.25) is 0 Å². The Morgan fingerprint density at radius 3 is 2.83 bits per heavy atom. The van der Waals surface area contributed by atoms with Gasteiger partial charge in [-0.2, -0.15) is 4.98 Å². The molecule has 1 aromatic carbocycles. The number of hydrogen-bond acceptors (Lipinski definition) is 4. The summed E-state index contributed by atoms with van der Waals surface area (Å²) >= 11 is 0. The summed E-state index contributed by atoms with van der Waals surface area (Å²) in [7, 11) is 0. The van der Waals surface area contributed by atoms with Gasteiger partial charge in [0.25, 0.3) is 5.89 Å². The predicted molar refractivity (Wildman–Crippen MR) is 66.4 cm³/mol. The van der Waals surface area contributed by atoms with Crippen LogP contribution in [0.1, 0.15) is 25.2 Å². The summed E-state index contributed by atoms with van der Waals surface area (Å²) in [4.78, 5) is 4.22. The van der Waals surface area contributed by atoms with E-state index in [2.05, 4.69) is 15.5 Å². The van der Waals surface area contributed by atoms with Gasteiger partial charge < -0.3 is 9.84 Å². The molecule has 0 aliphatic heterocycles. The van der Waals surface area contributed by atoms with E-state index < -0.39 is 0 Å². The molecule has 0 fully saturated rings. The second-order valence-electron chi connectivity index (χ2n) is 4.52. The van der Waals surface area contributed by atoms with E-state index in [0.717, 1.165) is 0 Å². The van der Waals surface area contributed by atoms with Gasteiger partial charge in [0.2, 0.25) is 0 Å². The van der Waals surface area contributed by atoms with Crippen molar-refractivity contribution in [2.75, 3.05) is 0 Å². The molecule has 0 aliphatic rings. The first-order chi connectivity index (χ1) is 8.56. The van der Waals surface area contributed by atoms with Crippen molar-refractivity contribution in [2.24, 2.45) is 0 Å². The van der Waals surface area contributed by atoms with E-state index in [4.69, 9.17) is 4.52 Å². The molecular weight excluding hydrogens is 233 g/mol. The second kappa shape index (κ2) is 5.27. The molecule has 0 aliphatic carbocycles. The maximum atomic E-state index is 13.4. The standard InChI is InChI=1S/C13H16FN3O/c1-8(2)15-7-12-16-13(18-17-12)10-5-4-9(3)11(14)6-10/h4-6,8,15H,7H2,1-3H3. The minimum Gasteiger partial charge on any atom is -0.334 e. The molecule has 2 aromatic rings. The monoisotopic (exact) mass is 249 g/mol. The molecule has 0 saturated carbocycles. The zero-order chi connectivity index (χ0) is 13.1. The molecule has 2 rings (SSSR count). The number of rotatable bonds is 4. The molecule has 0 bridgehead atoms. The van der Waals surface area contributed by atoms with E-state index in [1.54, 1.807) is 19.1 Å². The van der Waals surface area contributed by atoms with Gasteiger partial charge in [0.1, 0.15) is 5.82 Å². The Morgan fingerprint density at radius 2 is 2.17 bits per heavy atom. The summed E-state index contributed by atoms with van der Waals surface area (Å²) in [6, 6.07) is 5.22. The van der Waals surface area contributed by atoms with Crippen molar-refractivity contribution < 1.29 is 8.91 Å². The average Bonchev–Trinajstić information content (AvgIpc) is 2.79. The third kappa shape index (κ3) is 2.92. The SMILES string of the molecule is Cc1ccc(-c2nc(CNC(C)C)no2)cc1F. The van der Waals surface area contributed by atoms with E-state index in [-0.39, 0.29) is 5.82 Å². The Bertz CT molecular complexity index is 537. The Morgan fingerprint density at radius 1 is 1.39 bits per heavy atom. The molecule has 1 heterocycles. The molecule has 5 heteroatoms. The lowest BCUT2D eigenvalue weighted by molar-refractivity contribution is 0.417. The van der Waals surface area contributed by atoms with Gasteiger partial charge >= 0.3 is 0 Å². The van der Waals surface area contributed by atoms with Gasteiger partial charge in [-0.25, -0.2) is 4.39 Å². The Balaban J connectivity index is 2.16. The van der Waals surface area contributed by atoms with Gasteiger partial charge in [-0.05, 0) is 24.6 Å². The van der Waals surface area contributed by atoms with Gasteiger partial charge in [-0.1, -0.05) is 25.1 Å². The average molecular weight is 249 g/mol. The van der Waals surface area contributed by atoms with Crippen molar-refractivity contribution in [2.45, 2.75) is 33.4 Å². The van der Waals surface area contributed by atoms with Crippen LogP contribution in [0.5, 0.6) is 0 Å². The molecule has 0 unspecified atom stereocenters. The third-order valence-electron chi connectivity index (χ3n) is 2.56. The summed E-state index contributed by atoms with van der Waals surface area (Å²) in [5.74, 6) is 0.640. The van der Waals surface area contributed by atoms with Crippen molar-refractivity contribution in [1.29, 1.82) is 0 Å². The van der Waals surface area contributed by atoms with Crippen molar-refractivity contribution in [3.8, 4) is 11.5 Å². The van der Waals surface area contributed by atoms with Gasteiger partial charge in [0, 0.05) is 11.6 Å². The van der Waals surface area contributed by atoms with Gasteiger partial charge in [-0.15, -0.1) is 0 Å². The smallest absolute Gasteiger partial charge is 0.258 e. The highest BCUT2D eigenvalue weighted by Gasteiger charge is 2.10. The first-order valence-electron chi connectivity index (χ1n) is 5.89. The summed E-state index contributed by atoms with van der Waals surface area (Å²) < 4.78 is 18.5. The molecule has 0 atom stereocenters. The van der Waals surface area contributed by atoms with Crippen molar-refractivity contribution in [3.63, 3.8) is 0 Å². The quantitative estimate of drug-likeness (QED) is 0.905. The number of hydrogen-bond donors (Lipinski definition) is 1. The third-order valence-corrected chi connectivity index (χ3v) is 2.56. The first-order valence-corrected chi connectivity index (χ1v) is 5.89. The largest absolute Gasteiger partial charge is 0.334 e. The molecule has 1 N–H and O–H groups in total. The summed E-state index contributed by atoms with van der Waals surface area (Å²) in [5.41, 5.74) is 1.20. The molecule has 0 radical (unpaired) electrons. The minimum absolute atomic E-state index is 0.271. The van der Waals surface area contributed by atoms with Crippen LogP contribution in [0.3, 0.4) is 0 Å². The van der Waals surface area contributed by atoms with Crippen molar-refractivity contribution in [1.82, 2.24) is 15.5 Å². The zero-order valence-electron chi connectivity index (χ0n) is 10.7. The lowest BCUT2D eigenvalue weighted by Gasteiger charge is -2.03. The fraction of sp³-hybridized carbons (Fsp3) is 0.385. The molecule has 0 spiro atoms. The summed E-state index contributed by atoms with van der Waals surface area (Å²) in [6.07, 6.45) is 0. The Kier molecular flexibility index (Phi) is 3.72. The molecule has 0 amide bonds. The highest BCUT2D eigenvalue weighted by atomic mass is 19.1.